The molecule has 0 bridgehead atoms. The fraction of sp³-hybridized carbons (Fsp3) is 0.471. The predicted octanol–water partition coefficient (Wildman–Crippen LogP) is 2.05. The Morgan fingerprint density at radius 2 is 2.12 bits per heavy atom. The molecule has 0 radical (unpaired) electrons. The van der Waals surface area contributed by atoms with Gasteiger partial charge in [0.15, 0.2) is 0 Å². The second kappa shape index (κ2) is 7.00. The third-order valence-electron chi connectivity index (χ3n) is 4.79. The minimum atomic E-state index is -0.465. The highest BCUT2D eigenvalue weighted by Gasteiger charge is 2.26. The fourth-order valence-electron chi connectivity index (χ4n) is 3.33. The molecule has 2 heterocycles. The van der Waals surface area contributed by atoms with E-state index in [9.17, 15) is 9.59 Å². The van der Waals surface area contributed by atoms with Crippen molar-refractivity contribution in [2.24, 2.45) is 17.6 Å². The number of ether oxygens (including phenoxy) is 1. The van der Waals surface area contributed by atoms with Gasteiger partial charge in [0.25, 0.3) is 0 Å². The highest BCUT2D eigenvalue weighted by molar-refractivity contribution is 6.11. The van der Waals surface area contributed by atoms with Crippen LogP contribution in [0.4, 0.5) is 5.69 Å². The average Bonchev–Trinajstić information content (AvgIpc) is 3.06. The Balaban J connectivity index is 1.81. The largest absolute Gasteiger partial charge is 0.465 e. The van der Waals surface area contributed by atoms with Crippen LogP contribution < -0.4 is 11.1 Å². The van der Waals surface area contributed by atoms with E-state index in [1.54, 1.807) is 18.5 Å². The molecule has 1 fully saturated rings. The first-order chi connectivity index (χ1) is 11.6. The first-order valence-electron chi connectivity index (χ1n) is 8.19. The van der Waals surface area contributed by atoms with Crippen molar-refractivity contribution in [3.63, 3.8) is 0 Å². The first-order valence-corrected chi connectivity index (χ1v) is 8.19. The number of anilines is 1. The summed E-state index contributed by atoms with van der Waals surface area (Å²) in [5.74, 6) is 0.0250. The number of rotatable bonds is 4. The van der Waals surface area contributed by atoms with Crippen molar-refractivity contribution < 1.29 is 14.3 Å². The van der Waals surface area contributed by atoms with Crippen LogP contribution in [-0.2, 0) is 9.53 Å². The van der Waals surface area contributed by atoms with Gasteiger partial charge in [-0.2, -0.15) is 0 Å². The number of carbonyl (C=O) groups excluding carboxylic acids is 2. The number of carbonyl (C=O) groups is 2. The first kappa shape index (κ1) is 16.4. The van der Waals surface area contributed by atoms with Crippen LogP contribution in [0, 0.1) is 11.8 Å². The molecule has 0 saturated heterocycles. The van der Waals surface area contributed by atoms with E-state index in [1.165, 1.54) is 7.11 Å². The number of aromatic amines is 1. The zero-order valence-corrected chi connectivity index (χ0v) is 13.7. The van der Waals surface area contributed by atoms with Crippen LogP contribution in [0.25, 0.3) is 11.0 Å². The summed E-state index contributed by atoms with van der Waals surface area (Å²) >= 11 is 0. The number of nitrogens with two attached hydrogens (primary N) is 1. The maximum atomic E-state index is 12.6. The van der Waals surface area contributed by atoms with Crippen molar-refractivity contribution in [3.8, 4) is 0 Å². The molecule has 1 amide bonds. The third kappa shape index (κ3) is 3.12. The molecular weight excluding hydrogens is 308 g/mol. The van der Waals surface area contributed by atoms with Gasteiger partial charge in [-0.15, -0.1) is 0 Å². The zero-order valence-electron chi connectivity index (χ0n) is 13.7. The summed E-state index contributed by atoms with van der Waals surface area (Å²) in [6.45, 7) is 0.686. The van der Waals surface area contributed by atoms with Crippen LogP contribution in [0.15, 0.2) is 18.5 Å². The maximum absolute atomic E-state index is 12.6. The molecule has 7 heteroatoms. The summed E-state index contributed by atoms with van der Waals surface area (Å²) in [4.78, 5) is 31.6. The van der Waals surface area contributed by atoms with Crippen LogP contribution in [0.5, 0.6) is 0 Å². The highest BCUT2D eigenvalue weighted by atomic mass is 16.5. The summed E-state index contributed by atoms with van der Waals surface area (Å²) < 4.78 is 4.79. The molecule has 3 rings (SSSR count). The number of aromatic nitrogens is 2. The standard InChI is InChI=1S/C17H22N4O3/c1-24-17(23)12-9-20-15-14(12)13(6-7-19-15)21-16(22)11-4-2-10(8-18)3-5-11/h6-7,9-11H,2-5,8,18H2,1H3,(H2,19,20,21,22)/t10-,11-. The van der Waals surface area contributed by atoms with Gasteiger partial charge < -0.3 is 20.8 Å². The molecule has 128 valence electrons. The van der Waals surface area contributed by atoms with E-state index in [4.69, 9.17) is 10.5 Å². The normalized spacial score (nSPS) is 20.8. The Morgan fingerprint density at radius 3 is 2.79 bits per heavy atom. The average molecular weight is 330 g/mol. The SMILES string of the molecule is COC(=O)c1c[nH]c2nccc(NC(=O)[C@H]3CC[C@H](CN)CC3)c12. The number of nitrogens with one attached hydrogen (secondary N) is 2. The lowest BCUT2D eigenvalue weighted by Gasteiger charge is -2.26. The molecule has 1 saturated carbocycles. The van der Waals surface area contributed by atoms with E-state index in [0.717, 1.165) is 25.7 Å². The molecule has 1 aliphatic carbocycles. The molecule has 0 unspecified atom stereocenters. The van der Waals surface area contributed by atoms with Crippen LogP contribution in [0.3, 0.4) is 0 Å². The summed E-state index contributed by atoms with van der Waals surface area (Å²) in [5, 5.41) is 3.53. The van der Waals surface area contributed by atoms with Gasteiger partial charge in [-0.05, 0) is 44.2 Å². The van der Waals surface area contributed by atoms with Crippen molar-refractivity contribution in [1.82, 2.24) is 9.97 Å². The van der Waals surface area contributed by atoms with Crippen molar-refractivity contribution in [3.05, 3.63) is 24.0 Å². The third-order valence-corrected chi connectivity index (χ3v) is 4.79. The van der Waals surface area contributed by atoms with Crippen molar-refractivity contribution >= 4 is 28.6 Å². The highest BCUT2D eigenvalue weighted by Crippen LogP contribution is 2.31. The van der Waals surface area contributed by atoms with E-state index in [2.05, 4.69) is 15.3 Å². The lowest BCUT2D eigenvalue weighted by molar-refractivity contribution is -0.121. The van der Waals surface area contributed by atoms with E-state index < -0.39 is 5.97 Å². The second-order valence-electron chi connectivity index (χ2n) is 6.22. The molecular formula is C17H22N4O3. The smallest absolute Gasteiger partial charge is 0.340 e. The van der Waals surface area contributed by atoms with Crippen LogP contribution >= 0.6 is 0 Å². The number of H-pyrrole nitrogens is 1. The topological polar surface area (TPSA) is 110 Å². The van der Waals surface area contributed by atoms with Gasteiger partial charge >= 0.3 is 5.97 Å². The molecule has 2 aromatic heterocycles. The van der Waals surface area contributed by atoms with Gasteiger partial charge in [0, 0.05) is 18.3 Å². The molecule has 2 aromatic rings. The van der Waals surface area contributed by atoms with Gasteiger partial charge in [0.1, 0.15) is 5.65 Å². The molecule has 4 N–H and O–H groups in total. The van der Waals surface area contributed by atoms with Crippen molar-refractivity contribution in [1.29, 1.82) is 0 Å². The van der Waals surface area contributed by atoms with Crippen LogP contribution in [0.2, 0.25) is 0 Å². The van der Waals surface area contributed by atoms with Gasteiger partial charge in [0.2, 0.25) is 5.91 Å². The maximum Gasteiger partial charge on any atom is 0.340 e. The Labute approximate surface area is 140 Å². The molecule has 24 heavy (non-hydrogen) atoms. The molecule has 0 spiro atoms. The molecule has 1 aliphatic rings. The monoisotopic (exact) mass is 330 g/mol. The Hall–Kier alpha value is -2.41. The number of fused-ring (bicyclic) bond motifs is 1. The number of hydrogen-bond donors (Lipinski definition) is 3. The van der Waals surface area contributed by atoms with E-state index in [0.29, 0.717) is 34.7 Å². The minimum absolute atomic E-state index is 0.0171. The Bertz CT molecular complexity index is 747. The van der Waals surface area contributed by atoms with Gasteiger partial charge in [-0.3, -0.25) is 4.79 Å². The van der Waals surface area contributed by atoms with Gasteiger partial charge in [-0.25, -0.2) is 9.78 Å². The number of nitrogens with zero attached hydrogens (tertiary/aromatic N) is 1. The molecule has 0 aromatic carbocycles. The van der Waals surface area contributed by atoms with Gasteiger partial charge in [-0.1, -0.05) is 0 Å². The minimum Gasteiger partial charge on any atom is -0.465 e. The Kier molecular flexibility index (Phi) is 4.80. The van der Waals surface area contributed by atoms with Crippen LogP contribution in [0.1, 0.15) is 36.0 Å². The Morgan fingerprint density at radius 1 is 1.38 bits per heavy atom. The number of esters is 1. The fourth-order valence-corrected chi connectivity index (χ4v) is 3.33. The quantitative estimate of drug-likeness (QED) is 0.743. The molecule has 7 nitrogen and oxygen atoms in total. The number of methoxy groups -OCH3 is 1. The molecule has 0 aliphatic heterocycles. The second-order valence-corrected chi connectivity index (χ2v) is 6.22. The summed E-state index contributed by atoms with van der Waals surface area (Å²) in [7, 11) is 1.33. The zero-order chi connectivity index (χ0) is 17.1. The van der Waals surface area contributed by atoms with E-state index in [1.807, 2.05) is 0 Å². The van der Waals surface area contributed by atoms with Crippen molar-refractivity contribution in [2.75, 3.05) is 19.0 Å². The molecule has 0 atom stereocenters. The number of amides is 1. The van der Waals surface area contributed by atoms with Crippen LogP contribution in [-0.4, -0.2) is 35.5 Å². The summed E-state index contributed by atoms with van der Waals surface area (Å²) in [6, 6.07) is 1.70. The van der Waals surface area contributed by atoms with Crippen molar-refractivity contribution in [2.45, 2.75) is 25.7 Å². The van der Waals surface area contributed by atoms with E-state index >= 15 is 0 Å². The number of pyridine rings is 1. The van der Waals surface area contributed by atoms with E-state index in [-0.39, 0.29) is 11.8 Å². The number of hydrogen-bond acceptors (Lipinski definition) is 5. The lowest BCUT2D eigenvalue weighted by atomic mass is 9.81. The summed E-state index contributed by atoms with van der Waals surface area (Å²) in [5.41, 5.74) is 7.18. The predicted molar refractivity (Wildman–Crippen MR) is 90.6 cm³/mol. The van der Waals surface area contributed by atoms with Gasteiger partial charge in [0.05, 0.1) is 23.7 Å². The lowest BCUT2D eigenvalue weighted by Crippen LogP contribution is -2.29. The summed E-state index contributed by atoms with van der Waals surface area (Å²) in [6.07, 6.45) is 6.81.